The highest BCUT2D eigenvalue weighted by atomic mass is 32.1. The molecule has 0 amide bonds. The summed E-state index contributed by atoms with van der Waals surface area (Å²) >= 11 is 1.39. The van der Waals surface area contributed by atoms with E-state index in [1.807, 2.05) is 10.9 Å². The van der Waals surface area contributed by atoms with Gasteiger partial charge in [-0.25, -0.2) is 0 Å². The maximum atomic E-state index is 4.23. The number of aromatic nitrogens is 6. The Hall–Kier alpha value is -1.37. The van der Waals surface area contributed by atoms with Gasteiger partial charge in [-0.1, -0.05) is 11.6 Å². The molecular formula is C7H11N6S+. The summed E-state index contributed by atoms with van der Waals surface area (Å²) in [6.07, 6.45) is 3.02. The highest BCUT2D eigenvalue weighted by Crippen LogP contribution is 2.14. The Morgan fingerprint density at radius 3 is 3.07 bits per heavy atom. The number of aryl methyl sites for hydroxylation is 2. The van der Waals surface area contributed by atoms with Crippen molar-refractivity contribution in [3.05, 3.63) is 6.20 Å². The van der Waals surface area contributed by atoms with E-state index < -0.39 is 0 Å². The summed E-state index contributed by atoms with van der Waals surface area (Å²) in [4.78, 5) is 2.39. The summed E-state index contributed by atoms with van der Waals surface area (Å²) in [5, 5.41) is 11.8. The van der Waals surface area contributed by atoms with Crippen LogP contribution in [0.5, 0.6) is 0 Å². The van der Waals surface area contributed by atoms with Crippen molar-refractivity contribution in [2.24, 2.45) is 7.05 Å². The van der Waals surface area contributed by atoms with Gasteiger partial charge < -0.3 is 0 Å². The van der Waals surface area contributed by atoms with Gasteiger partial charge in [0.25, 0.3) is 0 Å². The van der Waals surface area contributed by atoms with E-state index >= 15 is 0 Å². The molecule has 2 rings (SSSR count). The van der Waals surface area contributed by atoms with Crippen molar-refractivity contribution in [1.29, 1.82) is 0 Å². The van der Waals surface area contributed by atoms with Crippen LogP contribution in [0.1, 0.15) is 13.3 Å². The third-order valence-electron chi connectivity index (χ3n) is 1.69. The van der Waals surface area contributed by atoms with Gasteiger partial charge in [-0.2, -0.15) is 4.80 Å². The van der Waals surface area contributed by atoms with E-state index in [1.165, 1.54) is 16.3 Å². The molecule has 0 atom stereocenters. The summed E-state index contributed by atoms with van der Waals surface area (Å²) < 4.78 is 6.13. The average molecular weight is 211 g/mol. The van der Waals surface area contributed by atoms with Crippen LogP contribution in [-0.4, -0.2) is 24.7 Å². The van der Waals surface area contributed by atoms with Crippen molar-refractivity contribution in [3.8, 4) is 10.7 Å². The SMILES string of the molecule is CCC[n+]1cc(-c2nnn(C)n2)sn1. The second kappa shape index (κ2) is 3.79. The summed E-state index contributed by atoms with van der Waals surface area (Å²) in [7, 11) is 1.75. The average Bonchev–Trinajstić information content (AvgIpc) is 2.74. The fourth-order valence-corrected chi connectivity index (χ4v) is 1.75. The quantitative estimate of drug-likeness (QED) is 0.672. The van der Waals surface area contributed by atoms with Crippen LogP contribution in [0, 0.1) is 0 Å². The Kier molecular flexibility index (Phi) is 2.49. The fourth-order valence-electron chi connectivity index (χ4n) is 1.09. The number of tetrazole rings is 1. The van der Waals surface area contributed by atoms with Crippen LogP contribution in [0.15, 0.2) is 6.20 Å². The van der Waals surface area contributed by atoms with Crippen molar-refractivity contribution in [2.45, 2.75) is 19.9 Å². The Morgan fingerprint density at radius 2 is 2.43 bits per heavy atom. The molecule has 0 aliphatic rings. The van der Waals surface area contributed by atoms with Crippen molar-refractivity contribution in [1.82, 2.24) is 24.7 Å². The van der Waals surface area contributed by atoms with E-state index in [-0.39, 0.29) is 0 Å². The van der Waals surface area contributed by atoms with Gasteiger partial charge in [0, 0.05) is 18.0 Å². The molecule has 0 aliphatic heterocycles. The Balaban J connectivity index is 2.24. The van der Waals surface area contributed by atoms with E-state index in [9.17, 15) is 0 Å². The van der Waals surface area contributed by atoms with E-state index in [1.54, 1.807) is 7.05 Å². The highest BCUT2D eigenvalue weighted by molar-refractivity contribution is 7.08. The van der Waals surface area contributed by atoms with Crippen molar-refractivity contribution < 1.29 is 4.68 Å². The first-order chi connectivity index (χ1) is 6.79. The summed E-state index contributed by atoms with van der Waals surface area (Å²) in [5.74, 6) is 0.639. The number of nitrogens with zero attached hydrogens (tertiary/aromatic N) is 6. The zero-order valence-corrected chi connectivity index (χ0v) is 8.90. The molecule has 0 fully saturated rings. The van der Waals surface area contributed by atoms with Gasteiger partial charge >= 0.3 is 0 Å². The molecule has 0 aromatic carbocycles. The predicted molar refractivity (Wildman–Crippen MR) is 50.4 cm³/mol. The zero-order chi connectivity index (χ0) is 9.97. The minimum atomic E-state index is 0.639. The molecule has 7 heteroatoms. The molecule has 0 N–H and O–H groups in total. The number of hydrogen-bond donors (Lipinski definition) is 0. The number of rotatable bonds is 3. The fraction of sp³-hybridized carbons (Fsp3) is 0.571. The maximum absolute atomic E-state index is 4.23. The molecule has 2 heterocycles. The first-order valence-corrected chi connectivity index (χ1v) is 5.17. The molecule has 0 bridgehead atoms. The largest absolute Gasteiger partial charge is 0.222 e. The molecule has 14 heavy (non-hydrogen) atoms. The van der Waals surface area contributed by atoms with Crippen LogP contribution in [0.25, 0.3) is 10.7 Å². The Bertz CT molecular complexity index is 419. The first kappa shape index (κ1) is 9.20. The molecule has 0 spiro atoms. The van der Waals surface area contributed by atoms with Crippen LogP contribution in [0.3, 0.4) is 0 Å². The Morgan fingerprint density at radius 1 is 1.57 bits per heavy atom. The third kappa shape index (κ3) is 1.77. The van der Waals surface area contributed by atoms with Crippen LogP contribution >= 0.6 is 11.5 Å². The molecule has 2 aromatic heterocycles. The summed E-state index contributed by atoms with van der Waals surface area (Å²) in [6, 6.07) is 0. The van der Waals surface area contributed by atoms with Crippen molar-refractivity contribution >= 4 is 11.5 Å². The second-order valence-corrected chi connectivity index (χ2v) is 3.72. The topological polar surface area (TPSA) is 60.4 Å². The maximum Gasteiger partial charge on any atom is 0.222 e. The summed E-state index contributed by atoms with van der Waals surface area (Å²) in [5.41, 5.74) is 0. The van der Waals surface area contributed by atoms with Gasteiger partial charge in [-0.3, -0.25) is 0 Å². The second-order valence-electron chi connectivity index (χ2n) is 2.93. The first-order valence-electron chi connectivity index (χ1n) is 4.40. The molecule has 6 nitrogen and oxygen atoms in total. The van der Waals surface area contributed by atoms with Gasteiger partial charge in [0.15, 0.2) is 11.4 Å². The molecule has 2 aromatic rings. The van der Waals surface area contributed by atoms with E-state index in [4.69, 9.17) is 0 Å². The van der Waals surface area contributed by atoms with E-state index in [0.717, 1.165) is 17.8 Å². The van der Waals surface area contributed by atoms with Gasteiger partial charge in [-0.15, -0.1) is 10.2 Å². The van der Waals surface area contributed by atoms with Crippen LogP contribution < -0.4 is 4.68 Å². The van der Waals surface area contributed by atoms with E-state index in [0.29, 0.717) is 5.82 Å². The molecule has 0 saturated heterocycles. The minimum absolute atomic E-state index is 0.639. The molecular weight excluding hydrogens is 200 g/mol. The van der Waals surface area contributed by atoms with Gasteiger partial charge in [0.2, 0.25) is 12.0 Å². The zero-order valence-electron chi connectivity index (χ0n) is 8.08. The van der Waals surface area contributed by atoms with Crippen LogP contribution in [0.4, 0.5) is 0 Å². The van der Waals surface area contributed by atoms with Gasteiger partial charge in [0.05, 0.1) is 11.5 Å². The Labute approximate surface area is 85.3 Å². The molecule has 0 unspecified atom stereocenters. The lowest BCUT2D eigenvalue weighted by Crippen LogP contribution is -2.33. The lowest BCUT2D eigenvalue weighted by molar-refractivity contribution is -0.746. The molecule has 0 aliphatic carbocycles. The van der Waals surface area contributed by atoms with Crippen LogP contribution in [0.2, 0.25) is 0 Å². The monoisotopic (exact) mass is 211 g/mol. The highest BCUT2D eigenvalue weighted by Gasteiger charge is 2.14. The van der Waals surface area contributed by atoms with Gasteiger partial charge in [-0.05, 0) is 5.21 Å². The summed E-state index contributed by atoms with van der Waals surface area (Å²) in [6.45, 7) is 3.04. The predicted octanol–water partition coefficient (Wildman–Crippen LogP) is 0.0311. The molecule has 0 radical (unpaired) electrons. The standard InChI is InChI=1S/C7H11N6S/c1-3-4-13-5-6(14-11-13)7-8-10-12(2)9-7/h5H,3-4H2,1-2H3/q+1. The molecule has 74 valence electrons. The van der Waals surface area contributed by atoms with Crippen LogP contribution in [-0.2, 0) is 13.6 Å². The van der Waals surface area contributed by atoms with Crippen molar-refractivity contribution in [2.75, 3.05) is 0 Å². The normalized spacial score (nSPS) is 10.7. The lowest BCUT2D eigenvalue weighted by Gasteiger charge is -1.80. The van der Waals surface area contributed by atoms with E-state index in [2.05, 4.69) is 26.8 Å². The van der Waals surface area contributed by atoms with Crippen molar-refractivity contribution in [3.63, 3.8) is 0 Å². The minimum Gasteiger partial charge on any atom is -0.167 e. The van der Waals surface area contributed by atoms with Gasteiger partial charge in [0.1, 0.15) is 0 Å². The molecule has 0 saturated carbocycles. The smallest absolute Gasteiger partial charge is 0.167 e. The number of hydrogen-bond acceptors (Lipinski definition) is 5. The third-order valence-corrected chi connectivity index (χ3v) is 2.47. The lowest BCUT2D eigenvalue weighted by atomic mass is 10.5.